The lowest BCUT2D eigenvalue weighted by Gasteiger charge is -2.20. The Morgan fingerprint density at radius 3 is 2.60 bits per heavy atom. The Hall–Kier alpha value is -1.92. The molecule has 1 unspecified atom stereocenters. The summed E-state index contributed by atoms with van der Waals surface area (Å²) >= 11 is 6.59. The fourth-order valence-electron chi connectivity index (χ4n) is 2.03. The van der Waals surface area contributed by atoms with Crippen molar-refractivity contribution in [1.82, 2.24) is 15.0 Å². The molecule has 3 heterocycles. The maximum atomic E-state index is 6.59. The van der Waals surface area contributed by atoms with E-state index < -0.39 is 5.06 Å². The predicted octanol–water partition coefficient (Wildman–Crippen LogP) is 1.86. The first-order valence-electron chi connectivity index (χ1n) is 5.92. The molecule has 0 saturated carbocycles. The summed E-state index contributed by atoms with van der Waals surface area (Å²) in [5.74, 6) is 0.975. The largest absolute Gasteiger partial charge is 0.481 e. The third-order valence-electron chi connectivity index (χ3n) is 3.03. The standard InChI is InChI=1S/C13H12ClN3O3/c1-18-10-6-11(19-2)17-12(16-10)13(14)8-4-3-5-15-9(8)7-20-13/h3-6H,7H2,1-2H3. The van der Waals surface area contributed by atoms with Crippen molar-refractivity contribution in [3.63, 3.8) is 0 Å². The Bertz CT molecular complexity index is 630. The van der Waals surface area contributed by atoms with Crippen LogP contribution in [0, 0.1) is 0 Å². The lowest BCUT2D eigenvalue weighted by molar-refractivity contribution is 0.0519. The third-order valence-corrected chi connectivity index (χ3v) is 3.51. The van der Waals surface area contributed by atoms with E-state index in [0.717, 1.165) is 11.3 Å². The molecule has 7 heteroatoms. The Balaban J connectivity index is 2.13. The van der Waals surface area contributed by atoms with Gasteiger partial charge in [-0.2, -0.15) is 9.97 Å². The summed E-state index contributed by atoms with van der Waals surface area (Å²) in [7, 11) is 3.02. The molecule has 1 aliphatic rings. The van der Waals surface area contributed by atoms with Crippen LogP contribution in [-0.2, 0) is 16.4 Å². The highest BCUT2D eigenvalue weighted by Gasteiger charge is 2.44. The van der Waals surface area contributed by atoms with E-state index in [2.05, 4.69) is 15.0 Å². The lowest BCUT2D eigenvalue weighted by atomic mass is 10.1. The van der Waals surface area contributed by atoms with Crippen molar-refractivity contribution in [3.05, 3.63) is 41.5 Å². The van der Waals surface area contributed by atoms with Gasteiger partial charge < -0.3 is 14.2 Å². The topological polar surface area (TPSA) is 66.4 Å². The normalized spacial score (nSPS) is 20.6. The monoisotopic (exact) mass is 293 g/mol. The molecule has 1 atom stereocenters. The van der Waals surface area contributed by atoms with Crippen LogP contribution < -0.4 is 9.47 Å². The Kier molecular flexibility index (Phi) is 3.19. The second-order valence-electron chi connectivity index (χ2n) is 4.16. The maximum Gasteiger partial charge on any atom is 0.230 e. The van der Waals surface area contributed by atoms with Gasteiger partial charge in [-0.05, 0) is 6.07 Å². The van der Waals surface area contributed by atoms with Crippen LogP contribution in [0.2, 0.25) is 0 Å². The summed E-state index contributed by atoms with van der Waals surface area (Å²) in [5, 5.41) is -1.27. The first kappa shape index (κ1) is 13.1. The highest BCUT2D eigenvalue weighted by Crippen LogP contribution is 2.43. The van der Waals surface area contributed by atoms with Gasteiger partial charge in [0.1, 0.15) is 0 Å². The van der Waals surface area contributed by atoms with E-state index in [9.17, 15) is 0 Å². The minimum absolute atomic E-state index is 0.266. The van der Waals surface area contributed by atoms with E-state index in [1.165, 1.54) is 14.2 Å². The van der Waals surface area contributed by atoms with Crippen LogP contribution in [-0.4, -0.2) is 29.2 Å². The van der Waals surface area contributed by atoms with E-state index in [4.69, 9.17) is 25.8 Å². The van der Waals surface area contributed by atoms with Crippen molar-refractivity contribution in [3.8, 4) is 11.8 Å². The van der Waals surface area contributed by atoms with E-state index >= 15 is 0 Å². The number of hydrogen-bond acceptors (Lipinski definition) is 6. The predicted molar refractivity (Wildman–Crippen MR) is 70.8 cm³/mol. The number of rotatable bonds is 3. The molecule has 0 aliphatic carbocycles. The van der Waals surface area contributed by atoms with Gasteiger partial charge in [0.05, 0.1) is 32.6 Å². The zero-order valence-corrected chi connectivity index (χ0v) is 11.7. The van der Waals surface area contributed by atoms with Gasteiger partial charge in [-0.25, -0.2) is 0 Å². The van der Waals surface area contributed by atoms with Crippen LogP contribution in [0.3, 0.4) is 0 Å². The van der Waals surface area contributed by atoms with E-state index in [0.29, 0.717) is 18.4 Å². The molecule has 0 saturated heterocycles. The number of ether oxygens (including phenoxy) is 3. The number of aromatic nitrogens is 3. The molecule has 6 nitrogen and oxygen atoms in total. The molecule has 0 N–H and O–H groups in total. The first-order chi connectivity index (χ1) is 9.67. The van der Waals surface area contributed by atoms with Gasteiger partial charge in [-0.3, -0.25) is 4.98 Å². The van der Waals surface area contributed by atoms with Crippen molar-refractivity contribution in [2.75, 3.05) is 14.2 Å². The zero-order chi connectivity index (χ0) is 14.2. The summed E-state index contributed by atoms with van der Waals surface area (Å²) in [6.07, 6.45) is 1.69. The number of hydrogen-bond donors (Lipinski definition) is 0. The smallest absolute Gasteiger partial charge is 0.230 e. The molecule has 0 radical (unpaired) electrons. The molecule has 0 fully saturated rings. The van der Waals surface area contributed by atoms with E-state index in [-0.39, 0.29) is 5.82 Å². The summed E-state index contributed by atoms with van der Waals surface area (Å²) < 4.78 is 15.9. The molecule has 2 aromatic rings. The Morgan fingerprint density at radius 2 is 1.95 bits per heavy atom. The van der Waals surface area contributed by atoms with Crippen molar-refractivity contribution in [2.24, 2.45) is 0 Å². The summed E-state index contributed by atoms with van der Waals surface area (Å²) in [5.41, 5.74) is 1.50. The molecule has 1 aliphatic heterocycles. The second-order valence-corrected chi connectivity index (χ2v) is 4.69. The minimum atomic E-state index is -1.27. The lowest BCUT2D eigenvalue weighted by Crippen LogP contribution is -2.23. The average molecular weight is 294 g/mol. The second kappa shape index (κ2) is 4.88. The molecular formula is C13H12ClN3O3. The SMILES string of the molecule is COc1cc(OC)nc(C2(Cl)OCc3ncccc32)n1. The molecular weight excluding hydrogens is 282 g/mol. The van der Waals surface area contributed by atoms with Crippen LogP contribution >= 0.6 is 11.6 Å². The van der Waals surface area contributed by atoms with Crippen LogP contribution in [0.1, 0.15) is 17.1 Å². The third kappa shape index (κ3) is 1.97. The Labute approximate surface area is 120 Å². The van der Waals surface area contributed by atoms with Crippen molar-refractivity contribution >= 4 is 11.6 Å². The quantitative estimate of drug-likeness (QED) is 0.805. The van der Waals surface area contributed by atoms with Gasteiger partial charge >= 0.3 is 0 Å². The number of halogens is 1. The van der Waals surface area contributed by atoms with Crippen molar-refractivity contribution in [2.45, 2.75) is 11.7 Å². The number of methoxy groups -OCH3 is 2. The molecule has 2 aromatic heterocycles. The summed E-state index contributed by atoms with van der Waals surface area (Å²) in [6.45, 7) is 0.308. The highest BCUT2D eigenvalue weighted by molar-refractivity contribution is 6.24. The Morgan fingerprint density at radius 1 is 1.25 bits per heavy atom. The molecule has 0 aromatic carbocycles. The highest BCUT2D eigenvalue weighted by atomic mass is 35.5. The fraction of sp³-hybridized carbons (Fsp3) is 0.308. The fourth-order valence-corrected chi connectivity index (χ4v) is 2.34. The van der Waals surface area contributed by atoms with Crippen molar-refractivity contribution < 1.29 is 14.2 Å². The molecule has 0 bridgehead atoms. The van der Waals surface area contributed by atoms with Crippen molar-refractivity contribution in [1.29, 1.82) is 0 Å². The number of pyridine rings is 1. The minimum Gasteiger partial charge on any atom is -0.481 e. The van der Waals surface area contributed by atoms with Gasteiger partial charge in [0, 0.05) is 11.8 Å². The van der Waals surface area contributed by atoms with Crippen LogP contribution in [0.25, 0.3) is 0 Å². The average Bonchev–Trinajstić information content (AvgIpc) is 2.86. The molecule has 0 amide bonds. The van der Waals surface area contributed by atoms with E-state index in [1.807, 2.05) is 6.07 Å². The zero-order valence-electron chi connectivity index (χ0n) is 11.0. The van der Waals surface area contributed by atoms with Crippen LogP contribution in [0.15, 0.2) is 24.4 Å². The van der Waals surface area contributed by atoms with E-state index in [1.54, 1.807) is 18.3 Å². The van der Waals surface area contributed by atoms with Gasteiger partial charge in [0.2, 0.25) is 16.8 Å². The van der Waals surface area contributed by atoms with Gasteiger partial charge in [-0.1, -0.05) is 17.7 Å². The number of fused-ring (bicyclic) bond motifs is 1. The van der Waals surface area contributed by atoms with Gasteiger partial charge in [-0.15, -0.1) is 0 Å². The molecule has 0 spiro atoms. The first-order valence-corrected chi connectivity index (χ1v) is 6.30. The molecule has 3 rings (SSSR count). The molecule has 20 heavy (non-hydrogen) atoms. The van der Waals surface area contributed by atoms with Crippen LogP contribution in [0.5, 0.6) is 11.8 Å². The van der Waals surface area contributed by atoms with Gasteiger partial charge in [0.15, 0.2) is 5.82 Å². The van der Waals surface area contributed by atoms with Gasteiger partial charge in [0.25, 0.3) is 0 Å². The number of nitrogens with zero attached hydrogens (tertiary/aromatic N) is 3. The summed E-state index contributed by atoms with van der Waals surface area (Å²) in [4.78, 5) is 12.7. The maximum absolute atomic E-state index is 6.59. The van der Waals surface area contributed by atoms with Crippen LogP contribution in [0.4, 0.5) is 0 Å². The molecule has 104 valence electrons. The summed E-state index contributed by atoms with van der Waals surface area (Å²) in [6, 6.07) is 5.21. The number of alkyl halides is 1.